The number of halogens is 2. The maximum absolute atomic E-state index is 10.9. The monoisotopic (exact) mass is 320 g/mol. The maximum atomic E-state index is 10.9. The van der Waals surface area contributed by atoms with Gasteiger partial charge in [0.1, 0.15) is 5.52 Å². The lowest BCUT2D eigenvalue weighted by molar-refractivity contribution is -0.117. The molecule has 3 aromatic rings. The van der Waals surface area contributed by atoms with Gasteiger partial charge in [0.2, 0.25) is 11.8 Å². The number of aromatic nitrogens is 1. The average Bonchev–Trinajstić information content (AvgIpc) is 2.83. The predicted molar refractivity (Wildman–Crippen MR) is 82.4 cm³/mol. The fourth-order valence-electron chi connectivity index (χ4n) is 2.05. The highest BCUT2D eigenvalue weighted by atomic mass is 35.5. The summed E-state index contributed by atoms with van der Waals surface area (Å²) < 4.78 is 5.67. The summed E-state index contributed by atoms with van der Waals surface area (Å²) >= 11 is 12.0. The van der Waals surface area contributed by atoms with Crippen LogP contribution >= 0.6 is 23.2 Å². The third-order valence-electron chi connectivity index (χ3n) is 2.99. The van der Waals surface area contributed by atoms with Crippen LogP contribution in [0.1, 0.15) is 5.56 Å². The van der Waals surface area contributed by atoms with Crippen molar-refractivity contribution in [1.29, 1.82) is 0 Å². The maximum Gasteiger partial charge on any atom is 0.227 e. The highest BCUT2D eigenvalue weighted by Crippen LogP contribution is 2.31. The SMILES string of the molecule is NC(=O)Cc1ccc(-c2nc3cc(Cl)cc(Cl)c3o2)cc1. The summed E-state index contributed by atoms with van der Waals surface area (Å²) in [6.45, 7) is 0. The summed E-state index contributed by atoms with van der Waals surface area (Å²) in [6.07, 6.45) is 0.204. The number of oxazole rings is 1. The molecule has 0 saturated carbocycles. The normalized spacial score (nSPS) is 11.0. The number of benzene rings is 2. The molecule has 0 bridgehead atoms. The molecule has 4 nitrogen and oxygen atoms in total. The number of carbonyl (C=O) groups is 1. The molecule has 1 aromatic heterocycles. The largest absolute Gasteiger partial charge is 0.435 e. The number of hydrogen-bond acceptors (Lipinski definition) is 3. The van der Waals surface area contributed by atoms with Crippen molar-refractivity contribution in [2.75, 3.05) is 0 Å². The Balaban J connectivity index is 2.00. The van der Waals surface area contributed by atoms with Crippen molar-refractivity contribution in [3.05, 3.63) is 52.0 Å². The van der Waals surface area contributed by atoms with Gasteiger partial charge in [-0.15, -0.1) is 0 Å². The number of amides is 1. The van der Waals surface area contributed by atoms with E-state index in [1.807, 2.05) is 24.3 Å². The van der Waals surface area contributed by atoms with Gasteiger partial charge in [-0.3, -0.25) is 4.79 Å². The van der Waals surface area contributed by atoms with Gasteiger partial charge in [-0.2, -0.15) is 0 Å². The van der Waals surface area contributed by atoms with Crippen LogP contribution in [0.25, 0.3) is 22.6 Å². The Kier molecular flexibility index (Phi) is 3.57. The van der Waals surface area contributed by atoms with E-state index in [1.165, 1.54) is 0 Å². The molecule has 0 saturated heterocycles. The Morgan fingerprint density at radius 1 is 1.19 bits per heavy atom. The molecule has 0 aliphatic rings. The number of primary amides is 1. The topological polar surface area (TPSA) is 69.1 Å². The number of carbonyl (C=O) groups excluding carboxylic acids is 1. The molecule has 0 aliphatic heterocycles. The third-order valence-corrected chi connectivity index (χ3v) is 3.49. The highest BCUT2D eigenvalue weighted by Gasteiger charge is 2.12. The van der Waals surface area contributed by atoms with E-state index in [2.05, 4.69) is 4.98 Å². The minimum atomic E-state index is -0.369. The van der Waals surface area contributed by atoms with Crippen molar-refractivity contribution in [3.8, 4) is 11.5 Å². The Morgan fingerprint density at radius 3 is 2.57 bits per heavy atom. The number of fused-ring (bicyclic) bond motifs is 1. The second-order valence-electron chi connectivity index (χ2n) is 4.59. The first-order valence-corrected chi connectivity index (χ1v) is 6.92. The molecule has 1 amide bonds. The lowest BCUT2D eigenvalue weighted by Gasteiger charge is -1.99. The van der Waals surface area contributed by atoms with Crippen molar-refractivity contribution in [1.82, 2.24) is 4.98 Å². The van der Waals surface area contributed by atoms with Crippen LogP contribution in [0.3, 0.4) is 0 Å². The first kappa shape index (κ1) is 13.9. The quantitative estimate of drug-likeness (QED) is 0.797. The summed E-state index contributed by atoms with van der Waals surface area (Å²) in [6, 6.07) is 10.6. The van der Waals surface area contributed by atoms with E-state index in [-0.39, 0.29) is 12.3 Å². The van der Waals surface area contributed by atoms with E-state index >= 15 is 0 Å². The van der Waals surface area contributed by atoms with Gasteiger partial charge in [-0.1, -0.05) is 35.3 Å². The van der Waals surface area contributed by atoms with Gasteiger partial charge in [0, 0.05) is 10.6 Å². The summed E-state index contributed by atoms with van der Waals surface area (Å²) in [5.74, 6) is 0.0748. The predicted octanol–water partition coefficient (Wildman–Crippen LogP) is 3.83. The van der Waals surface area contributed by atoms with Crippen molar-refractivity contribution in [3.63, 3.8) is 0 Å². The molecule has 0 spiro atoms. The van der Waals surface area contributed by atoms with E-state index in [1.54, 1.807) is 12.1 Å². The number of hydrogen-bond donors (Lipinski definition) is 1. The molecule has 0 atom stereocenters. The second kappa shape index (κ2) is 5.39. The Labute approximate surface area is 130 Å². The average molecular weight is 321 g/mol. The standard InChI is InChI=1S/C15H10Cl2N2O2/c16-10-6-11(17)14-12(7-10)19-15(21-14)9-3-1-8(2-4-9)5-13(18)20/h1-4,6-7H,5H2,(H2,18,20). The number of nitrogens with two attached hydrogens (primary N) is 1. The molecule has 0 unspecified atom stereocenters. The molecular weight excluding hydrogens is 311 g/mol. The van der Waals surface area contributed by atoms with E-state index < -0.39 is 0 Å². The zero-order valence-corrected chi connectivity index (χ0v) is 12.3. The second-order valence-corrected chi connectivity index (χ2v) is 5.44. The van der Waals surface area contributed by atoms with Crippen molar-refractivity contribution in [2.45, 2.75) is 6.42 Å². The molecule has 6 heteroatoms. The molecule has 106 valence electrons. The van der Waals surface area contributed by atoms with Gasteiger partial charge in [0.25, 0.3) is 0 Å². The Morgan fingerprint density at radius 2 is 1.90 bits per heavy atom. The minimum absolute atomic E-state index is 0.204. The van der Waals surface area contributed by atoms with Gasteiger partial charge >= 0.3 is 0 Å². The van der Waals surface area contributed by atoms with Crippen molar-refractivity contribution >= 4 is 40.2 Å². The number of rotatable bonds is 3. The lowest BCUT2D eigenvalue weighted by Crippen LogP contribution is -2.13. The van der Waals surface area contributed by atoms with E-state index in [4.69, 9.17) is 33.4 Å². The van der Waals surface area contributed by atoms with Crippen LogP contribution in [0.5, 0.6) is 0 Å². The molecular formula is C15H10Cl2N2O2. The van der Waals surface area contributed by atoms with Gasteiger partial charge in [0.15, 0.2) is 5.58 Å². The highest BCUT2D eigenvalue weighted by molar-refractivity contribution is 6.38. The summed E-state index contributed by atoms with van der Waals surface area (Å²) in [5, 5.41) is 0.922. The Bertz CT molecular complexity index is 826. The van der Waals surface area contributed by atoms with Crippen molar-refractivity contribution < 1.29 is 9.21 Å². The van der Waals surface area contributed by atoms with Crippen LogP contribution in [0, 0.1) is 0 Å². The fourth-order valence-corrected chi connectivity index (χ4v) is 2.57. The summed E-state index contributed by atoms with van der Waals surface area (Å²) in [7, 11) is 0. The van der Waals surface area contributed by atoms with Crippen LogP contribution in [0.4, 0.5) is 0 Å². The van der Waals surface area contributed by atoms with Crippen LogP contribution in [0.15, 0.2) is 40.8 Å². The van der Waals surface area contributed by atoms with Gasteiger partial charge in [-0.25, -0.2) is 4.98 Å². The van der Waals surface area contributed by atoms with Gasteiger partial charge in [0.05, 0.1) is 11.4 Å². The molecule has 2 N–H and O–H groups in total. The molecule has 21 heavy (non-hydrogen) atoms. The van der Waals surface area contributed by atoms with Crippen LogP contribution < -0.4 is 5.73 Å². The molecule has 0 radical (unpaired) electrons. The molecule has 0 aliphatic carbocycles. The van der Waals surface area contributed by atoms with E-state index in [9.17, 15) is 4.79 Å². The number of nitrogens with zero attached hydrogens (tertiary/aromatic N) is 1. The molecule has 1 heterocycles. The van der Waals surface area contributed by atoms with E-state index in [0.717, 1.165) is 11.1 Å². The van der Waals surface area contributed by atoms with Gasteiger partial charge in [-0.05, 0) is 29.8 Å². The summed E-state index contributed by atoms with van der Waals surface area (Å²) in [5.41, 5.74) is 7.88. The fraction of sp³-hybridized carbons (Fsp3) is 0.0667. The Hall–Kier alpha value is -2.04. The molecule has 0 fully saturated rings. The molecule has 2 aromatic carbocycles. The third kappa shape index (κ3) is 2.86. The molecule has 3 rings (SSSR count). The van der Waals surface area contributed by atoms with Crippen LogP contribution in [-0.2, 0) is 11.2 Å². The zero-order chi connectivity index (χ0) is 15.0. The van der Waals surface area contributed by atoms with Crippen LogP contribution in [-0.4, -0.2) is 10.9 Å². The summed E-state index contributed by atoms with van der Waals surface area (Å²) in [4.78, 5) is 15.2. The lowest BCUT2D eigenvalue weighted by atomic mass is 10.1. The van der Waals surface area contributed by atoms with Gasteiger partial charge < -0.3 is 10.2 Å². The first-order valence-electron chi connectivity index (χ1n) is 6.16. The first-order chi connectivity index (χ1) is 10.0. The van der Waals surface area contributed by atoms with E-state index in [0.29, 0.717) is 27.0 Å². The van der Waals surface area contributed by atoms with Crippen molar-refractivity contribution in [2.24, 2.45) is 5.73 Å². The smallest absolute Gasteiger partial charge is 0.227 e. The van der Waals surface area contributed by atoms with Crippen LogP contribution in [0.2, 0.25) is 10.0 Å². The minimum Gasteiger partial charge on any atom is -0.435 e. The zero-order valence-electron chi connectivity index (χ0n) is 10.8.